The first-order valence-corrected chi connectivity index (χ1v) is 8.77. The van der Waals surface area contributed by atoms with Crippen LogP contribution in [0.15, 0.2) is 12.1 Å². The van der Waals surface area contributed by atoms with Gasteiger partial charge >= 0.3 is 0 Å². The molecule has 0 aliphatic rings. The zero-order chi connectivity index (χ0) is 15.4. The summed E-state index contributed by atoms with van der Waals surface area (Å²) in [5, 5.41) is 0. The Balaban J connectivity index is 2.46. The number of benzene rings is 1. The molecule has 1 heterocycles. The van der Waals surface area contributed by atoms with Gasteiger partial charge in [0.15, 0.2) is 11.6 Å². The molecule has 21 heavy (non-hydrogen) atoms. The number of hydrogen-bond donors (Lipinski definition) is 0. The lowest BCUT2D eigenvalue weighted by molar-refractivity contribution is 0.491. The van der Waals surface area contributed by atoms with Crippen LogP contribution in [-0.2, 0) is 6.42 Å². The molecule has 0 spiro atoms. The Labute approximate surface area is 132 Å². The first-order valence-electron chi connectivity index (χ1n) is 7.08. The smallest absolute Gasteiger partial charge is 0.184 e. The van der Waals surface area contributed by atoms with Crippen molar-refractivity contribution < 1.29 is 8.78 Å². The van der Waals surface area contributed by atoms with Crippen LogP contribution in [-0.4, -0.2) is 26.9 Å². The summed E-state index contributed by atoms with van der Waals surface area (Å²) in [6.07, 6.45) is 1.43. The van der Waals surface area contributed by atoms with Crippen molar-refractivity contribution in [3.05, 3.63) is 29.6 Å². The minimum atomic E-state index is -0.837. The molecule has 1 atom stereocenters. The highest BCUT2D eigenvalue weighted by atomic mass is 35.5. The Morgan fingerprint density at radius 2 is 2.14 bits per heavy atom. The van der Waals surface area contributed by atoms with E-state index in [1.165, 1.54) is 6.07 Å². The third kappa shape index (κ3) is 3.51. The van der Waals surface area contributed by atoms with Crippen LogP contribution in [0.3, 0.4) is 0 Å². The van der Waals surface area contributed by atoms with Gasteiger partial charge in [-0.15, -0.1) is 11.6 Å². The van der Waals surface area contributed by atoms with E-state index < -0.39 is 11.6 Å². The van der Waals surface area contributed by atoms with Gasteiger partial charge in [-0.05, 0) is 37.0 Å². The minimum absolute atomic E-state index is 0.0589. The van der Waals surface area contributed by atoms with Gasteiger partial charge in [0, 0.05) is 18.3 Å². The average molecular weight is 333 g/mol. The van der Waals surface area contributed by atoms with Gasteiger partial charge in [0.05, 0.1) is 5.52 Å². The highest BCUT2D eigenvalue weighted by Crippen LogP contribution is 2.28. The van der Waals surface area contributed by atoms with Crippen LogP contribution in [0.5, 0.6) is 0 Å². The van der Waals surface area contributed by atoms with Gasteiger partial charge in [-0.2, -0.15) is 11.8 Å². The molecule has 1 unspecified atom stereocenters. The third-order valence-corrected chi connectivity index (χ3v) is 4.58. The lowest BCUT2D eigenvalue weighted by atomic mass is 10.2. The molecule has 2 aromatic rings. The van der Waals surface area contributed by atoms with Crippen LogP contribution >= 0.6 is 23.4 Å². The molecule has 0 saturated carbocycles. The van der Waals surface area contributed by atoms with E-state index in [4.69, 9.17) is 11.6 Å². The molecule has 116 valence electrons. The van der Waals surface area contributed by atoms with Crippen molar-refractivity contribution in [2.75, 3.05) is 17.4 Å². The second-order valence-electron chi connectivity index (χ2n) is 4.90. The van der Waals surface area contributed by atoms with Crippen molar-refractivity contribution in [1.82, 2.24) is 9.55 Å². The number of rotatable bonds is 7. The molecule has 1 aromatic carbocycles. The van der Waals surface area contributed by atoms with E-state index in [9.17, 15) is 8.78 Å². The molecule has 1 aromatic heterocycles. The van der Waals surface area contributed by atoms with E-state index in [1.807, 2.05) is 23.3 Å². The molecule has 0 bridgehead atoms. The Bertz CT molecular complexity index is 615. The molecule has 0 N–H and O–H groups in total. The lowest BCUT2D eigenvalue weighted by Crippen LogP contribution is -2.12. The Morgan fingerprint density at radius 1 is 1.38 bits per heavy atom. The number of imidazole rings is 1. The van der Waals surface area contributed by atoms with Gasteiger partial charge < -0.3 is 4.57 Å². The minimum Gasteiger partial charge on any atom is -0.323 e. The summed E-state index contributed by atoms with van der Waals surface area (Å²) in [6, 6.07) is 2.70. The molecular weight excluding hydrogens is 314 g/mol. The van der Waals surface area contributed by atoms with E-state index in [-0.39, 0.29) is 11.6 Å². The zero-order valence-corrected chi connectivity index (χ0v) is 13.8. The molecule has 0 fully saturated rings. The first kappa shape index (κ1) is 16.6. The zero-order valence-electron chi connectivity index (χ0n) is 12.2. The van der Waals surface area contributed by atoms with Crippen molar-refractivity contribution >= 4 is 34.4 Å². The van der Waals surface area contributed by atoms with E-state index in [1.54, 1.807) is 0 Å². The number of aromatic nitrogens is 2. The van der Waals surface area contributed by atoms with E-state index in [0.29, 0.717) is 17.8 Å². The fraction of sp³-hybridized carbons (Fsp3) is 0.533. The standard InChI is InChI=1S/C15H19ClF2N2S/c1-3-21-9-7-10(2)20-13(6-8-16)19-12-5-4-11(17)14(18)15(12)20/h4-5,10H,3,6-9H2,1-2H3. The lowest BCUT2D eigenvalue weighted by Gasteiger charge is -2.17. The van der Waals surface area contributed by atoms with Crippen molar-refractivity contribution in [3.63, 3.8) is 0 Å². The highest BCUT2D eigenvalue weighted by Gasteiger charge is 2.20. The van der Waals surface area contributed by atoms with Crippen molar-refractivity contribution in [3.8, 4) is 0 Å². The van der Waals surface area contributed by atoms with Gasteiger partial charge in [0.2, 0.25) is 0 Å². The largest absolute Gasteiger partial charge is 0.323 e. The summed E-state index contributed by atoms with van der Waals surface area (Å²) in [7, 11) is 0. The predicted octanol–water partition coefficient (Wildman–Crippen LogP) is 4.80. The second kappa shape index (κ2) is 7.45. The Hall–Kier alpha value is -0.810. The first-order chi connectivity index (χ1) is 10.1. The maximum Gasteiger partial charge on any atom is 0.184 e. The summed E-state index contributed by atoms with van der Waals surface area (Å²) in [5.74, 6) is 1.50. The summed E-state index contributed by atoms with van der Waals surface area (Å²) in [4.78, 5) is 4.42. The number of aryl methyl sites for hydroxylation is 1. The summed E-state index contributed by atoms with van der Waals surface area (Å²) in [5.41, 5.74) is 0.744. The van der Waals surface area contributed by atoms with Crippen molar-refractivity contribution in [1.29, 1.82) is 0 Å². The summed E-state index contributed by atoms with van der Waals surface area (Å²) >= 11 is 7.65. The van der Waals surface area contributed by atoms with Gasteiger partial charge in [-0.1, -0.05) is 6.92 Å². The number of alkyl halides is 1. The van der Waals surface area contributed by atoms with E-state index in [2.05, 4.69) is 11.9 Å². The van der Waals surface area contributed by atoms with Crippen LogP contribution in [0.1, 0.15) is 32.1 Å². The van der Waals surface area contributed by atoms with Crippen LogP contribution < -0.4 is 0 Å². The second-order valence-corrected chi connectivity index (χ2v) is 6.67. The number of thioether (sulfide) groups is 1. The van der Waals surface area contributed by atoms with Crippen LogP contribution in [0.25, 0.3) is 11.0 Å². The highest BCUT2D eigenvalue weighted by molar-refractivity contribution is 7.99. The van der Waals surface area contributed by atoms with Crippen LogP contribution in [0, 0.1) is 11.6 Å². The number of halogens is 3. The molecule has 0 aliphatic heterocycles. The summed E-state index contributed by atoms with van der Waals surface area (Å²) < 4.78 is 29.5. The Morgan fingerprint density at radius 3 is 2.81 bits per heavy atom. The molecule has 0 amide bonds. The molecule has 6 heteroatoms. The molecule has 0 radical (unpaired) electrons. The van der Waals surface area contributed by atoms with Crippen LogP contribution in [0.4, 0.5) is 8.78 Å². The maximum absolute atomic E-state index is 14.2. The SMILES string of the molecule is CCSCCC(C)n1c(CCCl)nc2ccc(F)c(F)c21. The maximum atomic E-state index is 14.2. The molecule has 2 nitrogen and oxygen atoms in total. The van der Waals surface area contributed by atoms with Gasteiger partial charge in [-0.25, -0.2) is 13.8 Å². The molecule has 0 saturated heterocycles. The number of nitrogens with zero attached hydrogens (tertiary/aromatic N) is 2. The number of hydrogen-bond acceptors (Lipinski definition) is 2. The third-order valence-electron chi connectivity index (χ3n) is 3.46. The van der Waals surface area contributed by atoms with Gasteiger partial charge in [0.1, 0.15) is 11.3 Å². The van der Waals surface area contributed by atoms with E-state index >= 15 is 0 Å². The van der Waals surface area contributed by atoms with Crippen LogP contribution in [0.2, 0.25) is 0 Å². The monoisotopic (exact) mass is 332 g/mol. The van der Waals surface area contributed by atoms with Gasteiger partial charge in [-0.3, -0.25) is 0 Å². The predicted molar refractivity (Wildman–Crippen MR) is 86.4 cm³/mol. The molecular formula is C15H19ClF2N2S. The fourth-order valence-electron chi connectivity index (χ4n) is 2.43. The Kier molecular flexibility index (Phi) is 5.88. The number of fused-ring (bicyclic) bond motifs is 1. The average Bonchev–Trinajstić information content (AvgIpc) is 2.82. The fourth-order valence-corrected chi connectivity index (χ4v) is 3.40. The van der Waals surface area contributed by atoms with Crippen molar-refractivity contribution in [2.45, 2.75) is 32.7 Å². The summed E-state index contributed by atoms with van der Waals surface area (Å²) in [6.45, 7) is 4.12. The quantitative estimate of drug-likeness (QED) is 0.535. The van der Waals surface area contributed by atoms with E-state index in [0.717, 1.165) is 29.8 Å². The van der Waals surface area contributed by atoms with Gasteiger partial charge in [0.25, 0.3) is 0 Å². The normalized spacial score (nSPS) is 13.0. The molecule has 2 rings (SSSR count). The molecule has 0 aliphatic carbocycles. The van der Waals surface area contributed by atoms with Crippen molar-refractivity contribution in [2.24, 2.45) is 0 Å². The topological polar surface area (TPSA) is 17.8 Å².